The lowest BCUT2D eigenvalue weighted by Crippen LogP contribution is -2.04. The molecule has 0 atom stereocenters. The number of methoxy groups -OCH3 is 3. The summed E-state index contributed by atoms with van der Waals surface area (Å²) < 4.78 is 22.0. The summed E-state index contributed by atoms with van der Waals surface area (Å²) in [6, 6.07) is 26.7. The average molecular weight is 442 g/mol. The first kappa shape index (κ1) is 22.4. The normalized spacial score (nSPS) is 10.6. The molecule has 0 bridgehead atoms. The highest BCUT2D eigenvalue weighted by Gasteiger charge is 2.21. The van der Waals surface area contributed by atoms with E-state index in [4.69, 9.17) is 18.6 Å². The smallest absolute Gasteiger partial charge is 0.337 e. The third-order valence-corrected chi connectivity index (χ3v) is 5.82. The molecule has 0 saturated heterocycles. The second-order valence-electron chi connectivity index (χ2n) is 7.92. The Bertz CT molecular complexity index is 1100. The first-order valence-electron chi connectivity index (χ1n) is 11.0. The summed E-state index contributed by atoms with van der Waals surface area (Å²) in [5.41, 5.74) is 6.09. The number of ether oxygens (including phenoxy) is 3. The molecule has 0 fully saturated rings. The van der Waals surface area contributed by atoms with E-state index in [0.717, 1.165) is 35.9 Å². The molecular formula is C29H29O4+. The van der Waals surface area contributed by atoms with Gasteiger partial charge in [0.15, 0.2) is 0 Å². The minimum atomic E-state index is 0.714. The number of hydrogen-bond acceptors (Lipinski definition) is 3. The van der Waals surface area contributed by atoms with Crippen LogP contribution in [0.4, 0.5) is 0 Å². The fourth-order valence-corrected chi connectivity index (χ4v) is 3.91. The molecule has 4 aromatic rings. The van der Waals surface area contributed by atoms with Gasteiger partial charge >= 0.3 is 12.0 Å². The van der Waals surface area contributed by atoms with Crippen molar-refractivity contribution in [1.29, 1.82) is 0 Å². The van der Waals surface area contributed by atoms with Crippen LogP contribution in [0.3, 0.4) is 0 Å². The van der Waals surface area contributed by atoms with Crippen molar-refractivity contribution in [3.63, 3.8) is 0 Å². The Labute approximate surface area is 195 Å². The van der Waals surface area contributed by atoms with Crippen LogP contribution in [-0.2, 0) is 19.3 Å². The lowest BCUT2D eigenvalue weighted by Gasteiger charge is -2.10. The lowest BCUT2D eigenvalue weighted by molar-refractivity contribution is 0.414. The molecule has 4 nitrogen and oxygen atoms in total. The first-order chi connectivity index (χ1) is 16.2. The second-order valence-corrected chi connectivity index (χ2v) is 7.92. The average Bonchev–Trinajstić information content (AvgIpc) is 2.87. The summed E-state index contributed by atoms with van der Waals surface area (Å²) >= 11 is 0. The van der Waals surface area contributed by atoms with Crippen molar-refractivity contribution in [2.45, 2.75) is 19.3 Å². The van der Waals surface area contributed by atoms with E-state index < -0.39 is 0 Å². The molecule has 33 heavy (non-hydrogen) atoms. The molecule has 4 heteroatoms. The molecule has 0 unspecified atom stereocenters. The monoisotopic (exact) mass is 441 g/mol. The Morgan fingerprint density at radius 3 is 1.39 bits per heavy atom. The lowest BCUT2D eigenvalue weighted by atomic mass is 9.93. The number of hydrogen-bond donors (Lipinski definition) is 0. The van der Waals surface area contributed by atoms with Crippen molar-refractivity contribution in [2.75, 3.05) is 21.3 Å². The molecule has 0 radical (unpaired) electrons. The van der Waals surface area contributed by atoms with Gasteiger partial charge in [-0.05, 0) is 65.1 Å². The third-order valence-electron chi connectivity index (χ3n) is 5.82. The van der Waals surface area contributed by atoms with Gasteiger partial charge in [0.25, 0.3) is 0 Å². The SMILES string of the molecule is COc1ccc(Cc2cc[o+]c(Cc3ccc(OC)cc3)c2Cc2ccc(OC)cc2)cc1. The van der Waals surface area contributed by atoms with E-state index in [1.165, 1.54) is 27.8 Å². The van der Waals surface area contributed by atoms with Crippen molar-refractivity contribution in [2.24, 2.45) is 0 Å². The zero-order valence-corrected chi connectivity index (χ0v) is 19.3. The van der Waals surface area contributed by atoms with E-state index in [2.05, 4.69) is 42.5 Å². The van der Waals surface area contributed by atoms with Crippen LogP contribution in [-0.4, -0.2) is 21.3 Å². The predicted molar refractivity (Wildman–Crippen MR) is 131 cm³/mol. The van der Waals surface area contributed by atoms with Gasteiger partial charge in [-0.1, -0.05) is 36.4 Å². The molecule has 4 rings (SSSR count). The van der Waals surface area contributed by atoms with Gasteiger partial charge in [-0.15, -0.1) is 0 Å². The van der Waals surface area contributed by atoms with E-state index in [1.807, 2.05) is 36.4 Å². The van der Waals surface area contributed by atoms with Crippen LogP contribution in [0.2, 0.25) is 0 Å². The number of rotatable bonds is 9. The summed E-state index contributed by atoms with van der Waals surface area (Å²) in [7, 11) is 5.05. The summed E-state index contributed by atoms with van der Waals surface area (Å²) in [6.45, 7) is 0. The van der Waals surface area contributed by atoms with Crippen LogP contribution in [0.25, 0.3) is 0 Å². The van der Waals surface area contributed by atoms with Crippen LogP contribution in [0.15, 0.2) is 89.5 Å². The van der Waals surface area contributed by atoms with Gasteiger partial charge in [-0.25, -0.2) is 4.42 Å². The van der Waals surface area contributed by atoms with Crippen LogP contribution in [0.5, 0.6) is 17.2 Å². The van der Waals surface area contributed by atoms with E-state index in [-0.39, 0.29) is 0 Å². The van der Waals surface area contributed by atoms with E-state index in [9.17, 15) is 0 Å². The molecule has 0 saturated carbocycles. The molecule has 0 spiro atoms. The quantitative estimate of drug-likeness (QED) is 0.283. The van der Waals surface area contributed by atoms with Crippen LogP contribution < -0.4 is 14.2 Å². The maximum atomic E-state index is 6.07. The Morgan fingerprint density at radius 1 is 0.515 bits per heavy atom. The predicted octanol–water partition coefficient (Wildman–Crippen LogP) is 6.36. The number of benzene rings is 3. The van der Waals surface area contributed by atoms with E-state index in [0.29, 0.717) is 6.42 Å². The topological polar surface area (TPSA) is 39.0 Å². The summed E-state index contributed by atoms with van der Waals surface area (Å²) in [5, 5.41) is 0. The van der Waals surface area contributed by atoms with Gasteiger partial charge < -0.3 is 14.2 Å². The molecule has 1 aromatic heterocycles. The Hall–Kier alpha value is -3.79. The zero-order valence-electron chi connectivity index (χ0n) is 19.3. The Morgan fingerprint density at radius 2 is 0.939 bits per heavy atom. The zero-order chi connectivity index (χ0) is 23.0. The van der Waals surface area contributed by atoms with Crippen molar-refractivity contribution >= 4 is 0 Å². The molecule has 3 aromatic carbocycles. The molecule has 0 aliphatic carbocycles. The van der Waals surface area contributed by atoms with Crippen LogP contribution in [0.1, 0.15) is 33.6 Å². The molecule has 0 aliphatic heterocycles. The molecule has 0 aliphatic rings. The van der Waals surface area contributed by atoms with Gasteiger partial charge in [0.05, 0.1) is 33.3 Å². The van der Waals surface area contributed by atoms with E-state index >= 15 is 0 Å². The van der Waals surface area contributed by atoms with Gasteiger partial charge in [0.1, 0.15) is 17.2 Å². The first-order valence-corrected chi connectivity index (χ1v) is 11.0. The minimum absolute atomic E-state index is 0.714. The van der Waals surface area contributed by atoms with Crippen molar-refractivity contribution < 1.29 is 18.6 Å². The highest BCUT2D eigenvalue weighted by molar-refractivity contribution is 5.41. The van der Waals surface area contributed by atoms with Crippen LogP contribution in [0, 0.1) is 0 Å². The Balaban J connectivity index is 1.67. The maximum absolute atomic E-state index is 6.07. The highest BCUT2D eigenvalue weighted by atomic mass is 16.5. The van der Waals surface area contributed by atoms with E-state index in [1.54, 1.807) is 27.6 Å². The van der Waals surface area contributed by atoms with Gasteiger partial charge in [-0.2, -0.15) is 0 Å². The fraction of sp³-hybridized carbons (Fsp3) is 0.207. The van der Waals surface area contributed by atoms with Gasteiger partial charge in [0, 0.05) is 12.5 Å². The Kier molecular flexibility index (Phi) is 7.26. The van der Waals surface area contributed by atoms with Crippen molar-refractivity contribution in [1.82, 2.24) is 0 Å². The minimum Gasteiger partial charge on any atom is -0.497 e. The van der Waals surface area contributed by atoms with Gasteiger partial charge in [-0.3, -0.25) is 0 Å². The summed E-state index contributed by atoms with van der Waals surface area (Å²) in [4.78, 5) is 0. The molecule has 1 heterocycles. The van der Waals surface area contributed by atoms with Crippen molar-refractivity contribution in [3.8, 4) is 17.2 Å². The van der Waals surface area contributed by atoms with Crippen LogP contribution >= 0.6 is 0 Å². The maximum Gasteiger partial charge on any atom is 0.337 e. The largest absolute Gasteiger partial charge is 0.497 e. The standard InChI is InChI=1S/C29H29O4/c1-30-25-10-4-21(5-11-25)18-24-16-17-33-29(20-23-8-14-27(32-3)15-9-23)28(24)19-22-6-12-26(31-2)13-7-22/h4-17H,18-20H2,1-3H3/q+1. The second kappa shape index (κ2) is 10.7. The molecule has 168 valence electrons. The van der Waals surface area contributed by atoms with Crippen molar-refractivity contribution in [3.05, 3.63) is 119 Å². The highest BCUT2D eigenvalue weighted by Crippen LogP contribution is 2.26. The summed E-state index contributed by atoms with van der Waals surface area (Å²) in [5.74, 6) is 3.54. The van der Waals surface area contributed by atoms with Gasteiger partial charge in [0.2, 0.25) is 0 Å². The fourth-order valence-electron chi connectivity index (χ4n) is 3.91. The summed E-state index contributed by atoms with van der Waals surface area (Å²) in [6.07, 6.45) is 4.12. The molecule has 0 N–H and O–H groups in total. The third kappa shape index (κ3) is 5.72. The molecule has 0 amide bonds. The molecular weight excluding hydrogens is 412 g/mol.